The number of hydrogen-bond donors (Lipinski definition) is 1. The van der Waals surface area contributed by atoms with Gasteiger partial charge in [-0.3, -0.25) is 0 Å². The van der Waals surface area contributed by atoms with Crippen LogP contribution in [0.3, 0.4) is 0 Å². The van der Waals surface area contributed by atoms with E-state index in [4.69, 9.17) is 0 Å². The second-order valence-electron chi connectivity index (χ2n) is 6.66. The SMILES string of the molecule is Cc1ccc(C)c(Cn2cccc2CNC(C)(C)C)c1. The number of nitrogens with one attached hydrogen (secondary N) is 1. The molecular weight excluding hydrogens is 244 g/mol. The van der Waals surface area contributed by atoms with E-state index >= 15 is 0 Å². The van der Waals surface area contributed by atoms with Crippen molar-refractivity contribution < 1.29 is 0 Å². The second-order valence-corrected chi connectivity index (χ2v) is 6.66. The van der Waals surface area contributed by atoms with E-state index in [0.29, 0.717) is 0 Å². The van der Waals surface area contributed by atoms with Crippen molar-refractivity contribution in [1.29, 1.82) is 0 Å². The zero-order valence-electron chi connectivity index (χ0n) is 13.3. The van der Waals surface area contributed by atoms with E-state index in [0.717, 1.165) is 13.1 Å². The van der Waals surface area contributed by atoms with Crippen molar-refractivity contribution in [3.8, 4) is 0 Å². The third kappa shape index (κ3) is 3.97. The summed E-state index contributed by atoms with van der Waals surface area (Å²) >= 11 is 0. The van der Waals surface area contributed by atoms with Crippen molar-refractivity contribution in [1.82, 2.24) is 9.88 Å². The molecule has 0 unspecified atom stereocenters. The third-order valence-electron chi connectivity index (χ3n) is 3.57. The van der Waals surface area contributed by atoms with Gasteiger partial charge in [0, 0.05) is 30.5 Å². The summed E-state index contributed by atoms with van der Waals surface area (Å²) in [6.07, 6.45) is 2.17. The molecule has 0 atom stereocenters. The predicted octanol–water partition coefficient (Wildman–Crippen LogP) is 4.04. The van der Waals surface area contributed by atoms with E-state index in [1.807, 2.05) is 0 Å². The fourth-order valence-corrected chi connectivity index (χ4v) is 2.27. The van der Waals surface area contributed by atoms with Crippen LogP contribution in [0.2, 0.25) is 0 Å². The quantitative estimate of drug-likeness (QED) is 0.887. The Bertz CT molecular complexity index is 573. The average Bonchev–Trinajstić information content (AvgIpc) is 2.78. The zero-order valence-corrected chi connectivity index (χ0v) is 13.3. The molecule has 0 fully saturated rings. The van der Waals surface area contributed by atoms with Crippen LogP contribution in [0.4, 0.5) is 0 Å². The summed E-state index contributed by atoms with van der Waals surface area (Å²) in [6, 6.07) is 11.0. The van der Waals surface area contributed by atoms with Crippen LogP contribution in [0, 0.1) is 13.8 Å². The van der Waals surface area contributed by atoms with Crippen molar-refractivity contribution in [2.24, 2.45) is 0 Å². The van der Waals surface area contributed by atoms with Gasteiger partial charge in [0.1, 0.15) is 0 Å². The first kappa shape index (κ1) is 14.9. The lowest BCUT2D eigenvalue weighted by Crippen LogP contribution is -2.35. The summed E-state index contributed by atoms with van der Waals surface area (Å²) in [4.78, 5) is 0. The van der Waals surface area contributed by atoms with E-state index in [1.54, 1.807) is 0 Å². The lowest BCUT2D eigenvalue weighted by atomic mass is 10.1. The van der Waals surface area contributed by atoms with Gasteiger partial charge in [-0.05, 0) is 57.9 Å². The van der Waals surface area contributed by atoms with Crippen molar-refractivity contribution >= 4 is 0 Å². The van der Waals surface area contributed by atoms with Gasteiger partial charge < -0.3 is 9.88 Å². The van der Waals surface area contributed by atoms with Crippen molar-refractivity contribution in [2.45, 2.75) is 53.2 Å². The van der Waals surface area contributed by atoms with Crippen LogP contribution in [0.15, 0.2) is 36.5 Å². The molecule has 0 bridgehead atoms. The largest absolute Gasteiger partial charge is 0.346 e. The Kier molecular flexibility index (Phi) is 4.34. The number of hydrogen-bond acceptors (Lipinski definition) is 1. The van der Waals surface area contributed by atoms with Crippen LogP contribution in [0.1, 0.15) is 43.2 Å². The number of benzene rings is 1. The maximum Gasteiger partial charge on any atom is 0.0476 e. The van der Waals surface area contributed by atoms with Crippen molar-refractivity contribution in [3.05, 3.63) is 58.9 Å². The van der Waals surface area contributed by atoms with E-state index < -0.39 is 0 Å². The molecule has 20 heavy (non-hydrogen) atoms. The zero-order chi connectivity index (χ0) is 14.8. The summed E-state index contributed by atoms with van der Waals surface area (Å²) in [5, 5.41) is 3.56. The fourth-order valence-electron chi connectivity index (χ4n) is 2.27. The molecule has 0 amide bonds. The molecule has 2 rings (SSSR count). The molecule has 1 aromatic heterocycles. The standard InChI is InChI=1S/C18H26N2/c1-14-8-9-15(2)16(11-14)13-20-10-6-7-17(20)12-19-18(3,4)5/h6-11,19H,12-13H2,1-5H3. The van der Waals surface area contributed by atoms with Gasteiger partial charge in [0.25, 0.3) is 0 Å². The minimum Gasteiger partial charge on any atom is -0.346 e. The highest BCUT2D eigenvalue weighted by Gasteiger charge is 2.10. The Hall–Kier alpha value is -1.54. The normalized spacial score (nSPS) is 11.8. The molecule has 108 valence electrons. The highest BCUT2D eigenvalue weighted by Crippen LogP contribution is 2.14. The monoisotopic (exact) mass is 270 g/mol. The van der Waals surface area contributed by atoms with Gasteiger partial charge in [-0.25, -0.2) is 0 Å². The van der Waals surface area contributed by atoms with E-state index in [2.05, 4.69) is 81.0 Å². The summed E-state index contributed by atoms with van der Waals surface area (Å²) in [6.45, 7) is 12.8. The molecule has 0 aliphatic carbocycles. The van der Waals surface area contributed by atoms with Crippen molar-refractivity contribution in [3.63, 3.8) is 0 Å². The van der Waals surface area contributed by atoms with Crippen molar-refractivity contribution in [2.75, 3.05) is 0 Å². The maximum absolute atomic E-state index is 3.56. The Labute approximate surface area is 122 Å². The van der Waals surface area contributed by atoms with Crippen LogP contribution in [-0.4, -0.2) is 10.1 Å². The summed E-state index contributed by atoms with van der Waals surface area (Å²) in [7, 11) is 0. The third-order valence-corrected chi connectivity index (χ3v) is 3.57. The smallest absolute Gasteiger partial charge is 0.0476 e. The molecule has 1 heterocycles. The lowest BCUT2D eigenvalue weighted by Gasteiger charge is -2.21. The van der Waals surface area contributed by atoms with Gasteiger partial charge in [0.2, 0.25) is 0 Å². The number of rotatable bonds is 4. The van der Waals surface area contributed by atoms with Crippen LogP contribution >= 0.6 is 0 Å². The summed E-state index contributed by atoms with van der Waals surface area (Å²) < 4.78 is 2.33. The Morgan fingerprint density at radius 3 is 2.55 bits per heavy atom. The first-order chi connectivity index (χ1) is 9.35. The Morgan fingerprint density at radius 2 is 1.85 bits per heavy atom. The molecule has 2 heteroatoms. The average molecular weight is 270 g/mol. The molecule has 1 N–H and O–H groups in total. The van der Waals surface area contributed by atoms with Gasteiger partial charge in [0.15, 0.2) is 0 Å². The Morgan fingerprint density at radius 1 is 1.10 bits per heavy atom. The van der Waals surface area contributed by atoms with Gasteiger partial charge in [0.05, 0.1) is 0 Å². The second kappa shape index (κ2) is 5.84. The lowest BCUT2D eigenvalue weighted by molar-refractivity contribution is 0.417. The van der Waals surface area contributed by atoms with Gasteiger partial charge in [-0.15, -0.1) is 0 Å². The van der Waals surface area contributed by atoms with Gasteiger partial charge in [-0.1, -0.05) is 23.8 Å². The molecule has 0 radical (unpaired) electrons. The molecule has 0 aliphatic heterocycles. The van der Waals surface area contributed by atoms with Crippen LogP contribution in [0.5, 0.6) is 0 Å². The van der Waals surface area contributed by atoms with Crippen LogP contribution < -0.4 is 5.32 Å². The van der Waals surface area contributed by atoms with Gasteiger partial charge >= 0.3 is 0 Å². The number of nitrogens with zero attached hydrogens (tertiary/aromatic N) is 1. The van der Waals surface area contributed by atoms with E-state index in [-0.39, 0.29) is 5.54 Å². The molecule has 2 aromatic rings. The number of aryl methyl sites for hydroxylation is 2. The minimum atomic E-state index is 0.147. The first-order valence-electron chi connectivity index (χ1n) is 7.30. The fraction of sp³-hybridized carbons (Fsp3) is 0.444. The molecule has 0 spiro atoms. The topological polar surface area (TPSA) is 17.0 Å². The predicted molar refractivity (Wildman–Crippen MR) is 86.0 cm³/mol. The number of aromatic nitrogens is 1. The Balaban J connectivity index is 2.14. The molecule has 0 aliphatic rings. The summed E-state index contributed by atoms with van der Waals surface area (Å²) in [5.74, 6) is 0. The van der Waals surface area contributed by atoms with Gasteiger partial charge in [-0.2, -0.15) is 0 Å². The minimum absolute atomic E-state index is 0.147. The molecule has 1 aromatic carbocycles. The van der Waals surface area contributed by atoms with E-state index in [9.17, 15) is 0 Å². The maximum atomic E-state index is 3.56. The first-order valence-corrected chi connectivity index (χ1v) is 7.30. The molecule has 2 nitrogen and oxygen atoms in total. The van der Waals surface area contributed by atoms with E-state index in [1.165, 1.54) is 22.4 Å². The highest BCUT2D eigenvalue weighted by atomic mass is 15.0. The molecular formula is C18H26N2. The highest BCUT2D eigenvalue weighted by molar-refractivity contribution is 5.31. The summed E-state index contributed by atoms with van der Waals surface area (Å²) in [5.41, 5.74) is 5.57. The molecule has 0 saturated heterocycles. The van der Waals surface area contributed by atoms with Crippen LogP contribution in [0.25, 0.3) is 0 Å². The van der Waals surface area contributed by atoms with Crippen LogP contribution in [-0.2, 0) is 13.1 Å². The molecule has 0 saturated carbocycles.